The second kappa shape index (κ2) is 6.18. The molecular formula is C14H18N6OS. The van der Waals surface area contributed by atoms with Gasteiger partial charge in [-0.3, -0.25) is 9.39 Å². The molecule has 3 aromatic rings. The minimum Gasteiger partial charge on any atom is -0.361 e. The topological polar surface area (TPSA) is 79.8 Å². The van der Waals surface area contributed by atoms with E-state index in [0.717, 1.165) is 33.6 Å². The van der Waals surface area contributed by atoms with Crippen molar-refractivity contribution in [2.24, 2.45) is 4.99 Å². The predicted octanol–water partition coefficient (Wildman–Crippen LogP) is 1.87. The Morgan fingerprint density at radius 3 is 2.86 bits per heavy atom. The zero-order valence-corrected chi connectivity index (χ0v) is 13.6. The minimum atomic E-state index is 0.621. The monoisotopic (exact) mass is 318 g/mol. The Bertz CT molecular complexity index is 751. The lowest BCUT2D eigenvalue weighted by molar-refractivity contribution is 0.392. The molecule has 0 aliphatic rings. The fourth-order valence-electron chi connectivity index (χ4n) is 2.18. The van der Waals surface area contributed by atoms with E-state index in [0.29, 0.717) is 13.1 Å². The number of imidazole rings is 1. The third kappa shape index (κ3) is 2.96. The first kappa shape index (κ1) is 14.6. The van der Waals surface area contributed by atoms with Crippen LogP contribution in [0.1, 0.15) is 22.7 Å². The first-order valence-corrected chi connectivity index (χ1v) is 7.82. The van der Waals surface area contributed by atoms with Crippen LogP contribution in [0, 0.1) is 13.8 Å². The summed E-state index contributed by atoms with van der Waals surface area (Å²) in [6, 6.07) is 0. The summed E-state index contributed by atoms with van der Waals surface area (Å²) in [5.41, 5.74) is 2.94. The van der Waals surface area contributed by atoms with Gasteiger partial charge in [0.15, 0.2) is 10.9 Å². The molecule has 3 rings (SSSR count). The SMILES string of the molecule is CN=C(NCc1cn2ccsc2n1)NCc1c(C)noc1C. The molecule has 116 valence electrons. The zero-order valence-electron chi connectivity index (χ0n) is 12.8. The van der Waals surface area contributed by atoms with Crippen LogP contribution in [0.15, 0.2) is 27.3 Å². The molecule has 0 atom stereocenters. The van der Waals surface area contributed by atoms with Crippen molar-refractivity contribution in [2.45, 2.75) is 26.9 Å². The van der Waals surface area contributed by atoms with Crippen molar-refractivity contribution in [1.82, 2.24) is 25.2 Å². The molecule has 0 aromatic carbocycles. The lowest BCUT2D eigenvalue weighted by atomic mass is 10.2. The number of hydrogen-bond donors (Lipinski definition) is 2. The van der Waals surface area contributed by atoms with Crippen molar-refractivity contribution < 1.29 is 4.52 Å². The molecule has 2 N–H and O–H groups in total. The van der Waals surface area contributed by atoms with Crippen molar-refractivity contribution in [3.05, 3.63) is 40.5 Å². The molecule has 0 aliphatic heterocycles. The Morgan fingerprint density at radius 1 is 1.36 bits per heavy atom. The molecule has 3 heterocycles. The number of hydrogen-bond acceptors (Lipinski definition) is 5. The summed E-state index contributed by atoms with van der Waals surface area (Å²) >= 11 is 1.62. The molecule has 3 aromatic heterocycles. The maximum absolute atomic E-state index is 5.15. The predicted molar refractivity (Wildman–Crippen MR) is 86.1 cm³/mol. The highest BCUT2D eigenvalue weighted by molar-refractivity contribution is 7.15. The largest absolute Gasteiger partial charge is 0.361 e. The van der Waals surface area contributed by atoms with E-state index in [9.17, 15) is 0 Å². The van der Waals surface area contributed by atoms with E-state index in [4.69, 9.17) is 4.52 Å². The molecule has 0 fully saturated rings. The molecular weight excluding hydrogens is 300 g/mol. The van der Waals surface area contributed by atoms with E-state index >= 15 is 0 Å². The van der Waals surface area contributed by atoms with Crippen LogP contribution in [-0.4, -0.2) is 27.5 Å². The van der Waals surface area contributed by atoms with Crippen LogP contribution in [0.2, 0.25) is 0 Å². The highest BCUT2D eigenvalue weighted by Crippen LogP contribution is 2.12. The fraction of sp³-hybridized carbons (Fsp3) is 0.357. The normalized spacial score (nSPS) is 12.0. The molecule has 0 amide bonds. The Morgan fingerprint density at radius 2 is 2.18 bits per heavy atom. The van der Waals surface area contributed by atoms with E-state index in [2.05, 4.69) is 25.8 Å². The summed E-state index contributed by atoms with van der Waals surface area (Å²) in [7, 11) is 1.74. The van der Waals surface area contributed by atoms with Crippen LogP contribution in [0.25, 0.3) is 4.96 Å². The van der Waals surface area contributed by atoms with Crippen LogP contribution < -0.4 is 10.6 Å². The smallest absolute Gasteiger partial charge is 0.193 e. The maximum atomic E-state index is 5.15. The van der Waals surface area contributed by atoms with E-state index in [1.807, 2.05) is 36.0 Å². The van der Waals surface area contributed by atoms with Gasteiger partial charge in [0.25, 0.3) is 0 Å². The lowest BCUT2D eigenvalue weighted by Crippen LogP contribution is -2.36. The number of guanidine groups is 1. The van der Waals surface area contributed by atoms with Crippen LogP contribution in [0.4, 0.5) is 0 Å². The lowest BCUT2D eigenvalue weighted by Gasteiger charge is -2.10. The van der Waals surface area contributed by atoms with Crippen molar-refractivity contribution in [3.63, 3.8) is 0 Å². The number of aryl methyl sites for hydroxylation is 2. The van der Waals surface area contributed by atoms with Gasteiger partial charge in [-0.15, -0.1) is 11.3 Å². The molecule has 0 saturated heterocycles. The Labute approximate surface area is 132 Å². The van der Waals surface area contributed by atoms with Crippen LogP contribution in [0.3, 0.4) is 0 Å². The van der Waals surface area contributed by atoms with E-state index < -0.39 is 0 Å². The van der Waals surface area contributed by atoms with Gasteiger partial charge in [0.2, 0.25) is 0 Å². The molecule has 7 nitrogen and oxygen atoms in total. The summed E-state index contributed by atoms with van der Waals surface area (Å²) < 4.78 is 7.17. The number of thiazole rings is 1. The van der Waals surface area contributed by atoms with Crippen LogP contribution in [-0.2, 0) is 13.1 Å². The number of fused-ring (bicyclic) bond motifs is 1. The van der Waals surface area contributed by atoms with Gasteiger partial charge >= 0.3 is 0 Å². The summed E-state index contributed by atoms with van der Waals surface area (Å²) in [4.78, 5) is 9.74. The molecule has 0 aliphatic carbocycles. The Kier molecular flexibility index (Phi) is 4.10. The molecule has 0 spiro atoms. The average molecular weight is 318 g/mol. The number of rotatable bonds is 4. The van der Waals surface area contributed by atoms with Gasteiger partial charge in [-0.1, -0.05) is 5.16 Å². The summed E-state index contributed by atoms with van der Waals surface area (Å²) in [5, 5.41) is 12.5. The van der Waals surface area contributed by atoms with E-state index in [1.54, 1.807) is 18.4 Å². The fourth-order valence-corrected chi connectivity index (χ4v) is 2.90. The maximum Gasteiger partial charge on any atom is 0.193 e. The van der Waals surface area contributed by atoms with Gasteiger partial charge in [0.1, 0.15) is 5.76 Å². The van der Waals surface area contributed by atoms with Gasteiger partial charge in [0, 0.05) is 36.9 Å². The third-order valence-corrected chi connectivity index (χ3v) is 4.19. The summed E-state index contributed by atoms with van der Waals surface area (Å²) in [6.07, 6.45) is 4.02. The van der Waals surface area contributed by atoms with E-state index in [1.165, 1.54) is 0 Å². The quantitative estimate of drug-likeness (QED) is 0.567. The standard InChI is InChI=1S/C14H18N6OS/c1-9-12(10(2)21-19-9)7-17-13(15-3)16-6-11-8-20-4-5-22-14(20)18-11/h4-5,8H,6-7H2,1-3H3,(H2,15,16,17). The summed E-state index contributed by atoms with van der Waals surface area (Å²) in [6.45, 7) is 5.08. The molecule has 0 radical (unpaired) electrons. The van der Waals surface area contributed by atoms with Crippen molar-refractivity contribution in [1.29, 1.82) is 0 Å². The van der Waals surface area contributed by atoms with Crippen molar-refractivity contribution in [2.75, 3.05) is 7.05 Å². The second-order valence-corrected chi connectivity index (χ2v) is 5.78. The van der Waals surface area contributed by atoms with Crippen LogP contribution >= 0.6 is 11.3 Å². The molecule has 8 heteroatoms. The summed E-state index contributed by atoms with van der Waals surface area (Å²) in [5.74, 6) is 1.55. The average Bonchev–Trinajstić information content (AvgIpc) is 3.16. The molecule has 22 heavy (non-hydrogen) atoms. The Balaban J connectivity index is 1.57. The number of aromatic nitrogens is 3. The number of nitrogens with zero attached hydrogens (tertiary/aromatic N) is 4. The van der Waals surface area contributed by atoms with Gasteiger partial charge in [0.05, 0.1) is 17.9 Å². The first-order chi connectivity index (χ1) is 10.7. The highest BCUT2D eigenvalue weighted by Gasteiger charge is 2.09. The zero-order chi connectivity index (χ0) is 15.5. The second-order valence-electron chi connectivity index (χ2n) is 4.91. The van der Waals surface area contributed by atoms with E-state index in [-0.39, 0.29) is 0 Å². The number of nitrogens with one attached hydrogen (secondary N) is 2. The first-order valence-electron chi connectivity index (χ1n) is 6.94. The minimum absolute atomic E-state index is 0.621. The van der Waals surface area contributed by atoms with Gasteiger partial charge in [-0.25, -0.2) is 4.98 Å². The van der Waals surface area contributed by atoms with Gasteiger partial charge in [-0.05, 0) is 13.8 Å². The highest BCUT2D eigenvalue weighted by atomic mass is 32.1. The van der Waals surface area contributed by atoms with Gasteiger partial charge in [-0.2, -0.15) is 0 Å². The third-order valence-electron chi connectivity index (χ3n) is 3.42. The van der Waals surface area contributed by atoms with Crippen LogP contribution in [0.5, 0.6) is 0 Å². The number of aliphatic imine (C=N–C) groups is 1. The van der Waals surface area contributed by atoms with Crippen molar-refractivity contribution >= 4 is 22.3 Å². The van der Waals surface area contributed by atoms with Crippen molar-refractivity contribution in [3.8, 4) is 0 Å². The molecule has 0 saturated carbocycles. The molecule has 0 unspecified atom stereocenters. The van der Waals surface area contributed by atoms with Gasteiger partial charge < -0.3 is 15.2 Å². The molecule has 0 bridgehead atoms. The Hall–Kier alpha value is -2.35.